The Labute approximate surface area is 147 Å². The van der Waals surface area contributed by atoms with Crippen molar-refractivity contribution in [1.82, 2.24) is 3.97 Å². The van der Waals surface area contributed by atoms with E-state index in [1.807, 2.05) is 0 Å². The van der Waals surface area contributed by atoms with Gasteiger partial charge in [0.15, 0.2) is 0 Å². The summed E-state index contributed by atoms with van der Waals surface area (Å²) in [5, 5.41) is 9.85. The summed E-state index contributed by atoms with van der Waals surface area (Å²) in [7, 11) is -4.20. The van der Waals surface area contributed by atoms with Gasteiger partial charge in [-0.2, -0.15) is 13.2 Å². The third-order valence-corrected chi connectivity index (χ3v) is 5.75. The predicted octanol–water partition coefficient (Wildman–Crippen LogP) is 4.03. The normalized spacial score (nSPS) is 12.5. The Morgan fingerprint density at radius 3 is 2.31 bits per heavy atom. The SMILES string of the molecule is C=Cc1cc(C(F)(F)F)cc2c1cc(CO)n2S(=O)(=O)c1ccccc1. The van der Waals surface area contributed by atoms with E-state index in [-0.39, 0.29) is 27.1 Å². The topological polar surface area (TPSA) is 59.3 Å². The zero-order chi connectivity index (χ0) is 19.1. The van der Waals surface area contributed by atoms with E-state index >= 15 is 0 Å². The smallest absolute Gasteiger partial charge is 0.390 e. The second kappa shape index (κ2) is 6.30. The highest BCUT2D eigenvalue weighted by Crippen LogP contribution is 2.36. The van der Waals surface area contributed by atoms with Gasteiger partial charge in [-0.3, -0.25) is 0 Å². The van der Waals surface area contributed by atoms with E-state index in [0.717, 1.165) is 16.1 Å². The van der Waals surface area contributed by atoms with E-state index in [1.165, 1.54) is 36.4 Å². The number of aromatic nitrogens is 1. The molecule has 0 spiro atoms. The zero-order valence-corrected chi connectivity index (χ0v) is 14.2. The number of rotatable bonds is 4. The van der Waals surface area contributed by atoms with Gasteiger partial charge in [0.2, 0.25) is 0 Å². The first-order valence-corrected chi connectivity index (χ1v) is 8.93. The van der Waals surface area contributed by atoms with Crippen LogP contribution in [0.1, 0.15) is 16.8 Å². The Morgan fingerprint density at radius 2 is 1.77 bits per heavy atom. The Balaban J connectivity index is 2.43. The molecule has 0 fully saturated rings. The summed E-state index contributed by atoms with van der Waals surface area (Å²) in [5.41, 5.74) is -1.06. The Bertz CT molecular complexity index is 1080. The van der Waals surface area contributed by atoms with Crippen molar-refractivity contribution in [3.05, 3.63) is 71.9 Å². The van der Waals surface area contributed by atoms with Gasteiger partial charge in [0, 0.05) is 5.39 Å². The summed E-state index contributed by atoms with van der Waals surface area (Å²) >= 11 is 0. The number of hydrogen-bond acceptors (Lipinski definition) is 3. The number of fused-ring (bicyclic) bond motifs is 1. The summed E-state index contributed by atoms with van der Waals surface area (Å²) in [6.45, 7) is 2.85. The van der Waals surface area contributed by atoms with Gasteiger partial charge in [0.05, 0.1) is 28.3 Å². The van der Waals surface area contributed by atoms with Crippen LogP contribution in [0.15, 0.2) is 60.0 Å². The van der Waals surface area contributed by atoms with Crippen LogP contribution in [0.2, 0.25) is 0 Å². The van der Waals surface area contributed by atoms with E-state index in [4.69, 9.17) is 0 Å². The Hall–Kier alpha value is -2.58. The molecular weight excluding hydrogens is 367 g/mol. The fourth-order valence-electron chi connectivity index (χ4n) is 2.79. The van der Waals surface area contributed by atoms with Crippen LogP contribution in [-0.2, 0) is 22.8 Å². The first kappa shape index (κ1) is 18.2. The number of aliphatic hydroxyl groups excluding tert-OH is 1. The molecule has 1 heterocycles. The molecule has 1 N–H and O–H groups in total. The van der Waals surface area contributed by atoms with Gasteiger partial charge in [-0.25, -0.2) is 12.4 Å². The van der Waals surface area contributed by atoms with Gasteiger partial charge in [-0.1, -0.05) is 30.9 Å². The molecule has 0 atom stereocenters. The van der Waals surface area contributed by atoms with Gasteiger partial charge in [0.1, 0.15) is 0 Å². The van der Waals surface area contributed by atoms with Crippen LogP contribution in [0, 0.1) is 0 Å². The van der Waals surface area contributed by atoms with E-state index in [9.17, 15) is 26.7 Å². The fourth-order valence-corrected chi connectivity index (χ4v) is 4.33. The third-order valence-electron chi connectivity index (χ3n) is 3.97. The molecule has 3 aromatic rings. The molecule has 4 nitrogen and oxygen atoms in total. The highest BCUT2D eigenvalue weighted by molar-refractivity contribution is 7.90. The summed E-state index contributed by atoms with van der Waals surface area (Å²) in [6, 6.07) is 10.3. The average molecular weight is 381 g/mol. The molecule has 3 rings (SSSR count). The third kappa shape index (κ3) is 2.91. The van der Waals surface area contributed by atoms with Gasteiger partial charge in [-0.05, 0) is 35.9 Å². The van der Waals surface area contributed by atoms with Crippen molar-refractivity contribution in [3.63, 3.8) is 0 Å². The average Bonchev–Trinajstić information content (AvgIpc) is 3.00. The van der Waals surface area contributed by atoms with Crippen molar-refractivity contribution in [2.24, 2.45) is 0 Å². The van der Waals surface area contributed by atoms with E-state index in [2.05, 4.69) is 6.58 Å². The second-order valence-corrected chi connectivity index (χ2v) is 7.36. The minimum absolute atomic E-state index is 0.0359. The van der Waals surface area contributed by atoms with Gasteiger partial charge in [-0.15, -0.1) is 0 Å². The van der Waals surface area contributed by atoms with Crippen LogP contribution in [0.3, 0.4) is 0 Å². The summed E-state index contributed by atoms with van der Waals surface area (Å²) in [4.78, 5) is -0.0928. The maximum absolute atomic E-state index is 13.2. The number of benzene rings is 2. The number of halogens is 3. The van der Waals surface area contributed by atoms with E-state index in [1.54, 1.807) is 6.07 Å². The molecule has 0 aliphatic rings. The predicted molar refractivity (Wildman–Crippen MR) is 92.0 cm³/mol. The first-order valence-electron chi connectivity index (χ1n) is 7.49. The first-order chi connectivity index (χ1) is 12.2. The van der Waals surface area contributed by atoms with E-state index < -0.39 is 28.4 Å². The van der Waals surface area contributed by atoms with Crippen molar-refractivity contribution in [2.75, 3.05) is 0 Å². The fraction of sp³-hybridized carbons (Fsp3) is 0.111. The Morgan fingerprint density at radius 1 is 1.12 bits per heavy atom. The number of hydrogen-bond donors (Lipinski definition) is 1. The molecule has 0 radical (unpaired) electrons. The molecule has 0 aliphatic heterocycles. The standard InChI is InChI=1S/C18H14F3NO3S/c1-2-12-8-13(18(19,20)21)9-17-16(12)10-14(11-23)22(17)26(24,25)15-6-4-3-5-7-15/h2-10,23H,1,11H2. The van der Waals surface area contributed by atoms with Crippen molar-refractivity contribution in [3.8, 4) is 0 Å². The quantitative estimate of drug-likeness (QED) is 0.742. The van der Waals surface area contributed by atoms with Crippen LogP contribution in [0.5, 0.6) is 0 Å². The van der Waals surface area contributed by atoms with Crippen LogP contribution in [-0.4, -0.2) is 17.5 Å². The molecule has 0 amide bonds. The molecule has 26 heavy (non-hydrogen) atoms. The van der Waals surface area contributed by atoms with Crippen molar-refractivity contribution in [1.29, 1.82) is 0 Å². The second-order valence-electron chi connectivity index (χ2n) is 5.58. The van der Waals surface area contributed by atoms with Gasteiger partial charge < -0.3 is 5.11 Å². The lowest BCUT2D eigenvalue weighted by atomic mass is 10.1. The van der Waals surface area contributed by atoms with Crippen LogP contribution < -0.4 is 0 Å². The molecule has 8 heteroatoms. The number of nitrogens with zero attached hydrogens (tertiary/aromatic N) is 1. The number of aliphatic hydroxyl groups is 1. The molecular formula is C18H14F3NO3S. The molecule has 0 aliphatic carbocycles. The lowest BCUT2D eigenvalue weighted by Gasteiger charge is -2.13. The minimum atomic E-state index is -4.66. The molecule has 0 saturated carbocycles. The number of alkyl halides is 3. The van der Waals surface area contributed by atoms with Crippen molar-refractivity contribution < 1.29 is 26.7 Å². The monoisotopic (exact) mass is 381 g/mol. The molecule has 1 aromatic heterocycles. The van der Waals surface area contributed by atoms with Gasteiger partial charge >= 0.3 is 6.18 Å². The minimum Gasteiger partial charge on any atom is -0.390 e. The highest BCUT2D eigenvalue weighted by atomic mass is 32.2. The van der Waals surface area contributed by atoms with Crippen LogP contribution in [0.4, 0.5) is 13.2 Å². The van der Waals surface area contributed by atoms with E-state index in [0.29, 0.717) is 0 Å². The van der Waals surface area contributed by atoms with Crippen LogP contribution in [0.25, 0.3) is 17.0 Å². The maximum Gasteiger partial charge on any atom is 0.416 e. The Kier molecular flexibility index (Phi) is 4.41. The van der Waals surface area contributed by atoms with Crippen molar-refractivity contribution in [2.45, 2.75) is 17.7 Å². The zero-order valence-electron chi connectivity index (χ0n) is 13.4. The molecule has 0 bridgehead atoms. The molecule has 136 valence electrons. The molecule has 2 aromatic carbocycles. The molecule has 0 unspecified atom stereocenters. The maximum atomic E-state index is 13.2. The van der Waals surface area contributed by atoms with Crippen molar-refractivity contribution >= 4 is 27.0 Å². The lowest BCUT2D eigenvalue weighted by Crippen LogP contribution is -2.16. The summed E-state index contributed by atoms with van der Waals surface area (Å²) < 4.78 is 66.4. The lowest BCUT2D eigenvalue weighted by molar-refractivity contribution is -0.137. The summed E-state index contributed by atoms with van der Waals surface area (Å²) in [5.74, 6) is 0. The summed E-state index contributed by atoms with van der Waals surface area (Å²) in [6.07, 6.45) is -3.44. The van der Waals surface area contributed by atoms with Gasteiger partial charge in [0.25, 0.3) is 10.0 Å². The largest absolute Gasteiger partial charge is 0.416 e. The highest BCUT2D eigenvalue weighted by Gasteiger charge is 2.33. The molecule has 0 saturated heterocycles. The van der Waals surface area contributed by atoms with Crippen LogP contribution >= 0.6 is 0 Å².